The Kier molecular flexibility index (Phi) is 4.39. The molecule has 1 atom stereocenters. The van der Waals surface area contributed by atoms with Crippen LogP contribution in [-0.2, 0) is 11.2 Å². The average Bonchev–Trinajstić information content (AvgIpc) is 2.52. The fraction of sp³-hybridized carbons (Fsp3) is 0.333. The quantitative estimate of drug-likeness (QED) is 0.793. The van der Waals surface area contributed by atoms with E-state index in [1.54, 1.807) is 18.0 Å². The smallest absolute Gasteiger partial charge is 0.152 e. The summed E-state index contributed by atoms with van der Waals surface area (Å²) in [5.74, 6) is 0.831. The van der Waals surface area contributed by atoms with Crippen LogP contribution in [0.1, 0.15) is 35.6 Å². The van der Waals surface area contributed by atoms with E-state index in [0.29, 0.717) is 11.5 Å². The summed E-state index contributed by atoms with van der Waals surface area (Å²) in [5.41, 5.74) is 3.50. The van der Waals surface area contributed by atoms with Crippen LogP contribution in [0.2, 0.25) is 0 Å². The van der Waals surface area contributed by atoms with Crippen molar-refractivity contribution in [3.05, 3.63) is 59.4 Å². The van der Waals surface area contributed by atoms with Crippen LogP contribution in [0.15, 0.2) is 47.5 Å². The Bertz CT molecular complexity index is 653. The Hall–Kier alpha value is -1.61. The van der Waals surface area contributed by atoms with Crippen LogP contribution in [0, 0.1) is 6.92 Å². The molecule has 108 valence electrons. The lowest BCUT2D eigenvalue weighted by Crippen LogP contribution is -2.21. The molecule has 0 saturated heterocycles. The number of aromatic nitrogens is 1. The van der Waals surface area contributed by atoms with Gasteiger partial charge in [-0.1, -0.05) is 23.8 Å². The molecule has 1 aromatic carbocycles. The van der Waals surface area contributed by atoms with E-state index in [2.05, 4.69) is 36.2 Å². The second-order valence-corrected chi connectivity index (χ2v) is 6.61. The van der Waals surface area contributed by atoms with Gasteiger partial charge in [-0.25, -0.2) is 0 Å². The van der Waals surface area contributed by atoms with Crippen molar-refractivity contribution in [2.75, 3.05) is 5.75 Å². The lowest BCUT2D eigenvalue weighted by atomic mass is 9.84. The van der Waals surface area contributed by atoms with E-state index in [-0.39, 0.29) is 5.92 Å². The second-order valence-electron chi connectivity index (χ2n) is 5.56. The van der Waals surface area contributed by atoms with Crippen LogP contribution in [0.4, 0.5) is 0 Å². The highest BCUT2D eigenvalue weighted by Crippen LogP contribution is 2.32. The number of carbonyl (C=O) groups is 1. The van der Waals surface area contributed by atoms with Gasteiger partial charge in [-0.05, 0) is 49.9 Å². The van der Waals surface area contributed by atoms with Gasteiger partial charge < -0.3 is 0 Å². The minimum absolute atomic E-state index is 0.00717. The summed E-state index contributed by atoms with van der Waals surface area (Å²) in [6.45, 7) is 2.08. The second kappa shape index (κ2) is 6.44. The molecule has 0 fully saturated rings. The molecule has 1 aliphatic carbocycles. The number of thioether (sulfide) groups is 1. The molecule has 3 heteroatoms. The molecule has 1 aromatic heterocycles. The van der Waals surface area contributed by atoms with Crippen molar-refractivity contribution in [3.63, 3.8) is 0 Å². The Labute approximate surface area is 130 Å². The zero-order chi connectivity index (χ0) is 14.7. The van der Waals surface area contributed by atoms with Gasteiger partial charge in [0, 0.05) is 11.1 Å². The van der Waals surface area contributed by atoms with E-state index in [1.165, 1.54) is 16.0 Å². The highest BCUT2D eigenvalue weighted by Gasteiger charge is 2.27. The first-order valence-corrected chi connectivity index (χ1v) is 8.38. The minimum atomic E-state index is -0.00717. The average molecular weight is 297 g/mol. The maximum atomic E-state index is 12.6. The number of benzene rings is 1. The Morgan fingerprint density at radius 1 is 1.33 bits per heavy atom. The zero-order valence-electron chi connectivity index (χ0n) is 12.2. The maximum Gasteiger partial charge on any atom is 0.152 e. The van der Waals surface area contributed by atoms with Crippen molar-refractivity contribution in [1.82, 2.24) is 4.98 Å². The number of fused-ring (bicyclic) bond motifs is 1. The van der Waals surface area contributed by atoms with Gasteiger partial charge in [0.15, 0.2) is 5.78 Å². The molecule has 21 heavy (non-hydrogen) atoms. The molecule has 2 nitrogen and oxygen atoms in total. The number of pyridine rings is 1. The van der Waals surface area contributed by atoms with Gasteiger partial charge in [-0.3, -0.25) is 9.78 Å². The van der Waals surface area contributed by atoms with Crippen molar-refractivity contribution in [1.29, 1.82) is 0 Å². The van der Waals surface area contributed by atoms with Crippen molar-refractivity contribution in [3.8, 4) is 0 Å². The first-order chi connectivity index (χ1) is 10.2. The van der Waals surface area contributed by atoms with E-state index in [0.717, 1.165) is 25.0 Å². The Morgan fingerprint density at radius 2 is 2.24 bits per heavy atom. The minimum Gasteiger partial charge on any atom is -0.298 e. The Balaban J connectivity index is 1.69. The van der Waals surface area contributed by atoms with Crippen molar-refractivity contribution >= 4 is 17.5 Å². The normalized spacial score (nSPS) is 17.3. The molecule has 3 rings (SSSR count). The van der Waals surface area contributed by atoms with Gasteiger partial charge >= 0.3 is 0 Å². The van der Waals surface area contributed by atoms with Gasteiger partial charge in [-0.2, -0.15) is 0 Å². The van der Waals surface area contributed by atoms with Crippen LogP contribution in [0.3, 0.4) is 0 Å². The fourth-order valence-electron chi connectivity index (χ4n) is 2.88. The largest absolute Gasteiger partial charge is 0.298 e. The predicted molar refractivity (Wildman–Crippen MR) is 86.8 cm³/mol. The van der Waals surface area contributed by atoms with Gasteiger partial charge in [0.1, 0.15) is 0 Å². The number of aryl methyl sites for hydroxylation is 2. The third-order valence-electron chi connectivity index (χ3n) is 3.95. The molecular formula is C18H19NOS. The van der Waals surface area contributed by atoms with Crippen molar-refractivity contribution in [2.24, 2.45) is 0 Å². The molecule has 0 aliphatic heterocycles. The Morgan fingerprint density at radius 3 is 3.10 bits per heavy atom. The van der Waals surface area contributed by atoms with E-state index >= 15 is 0 Å². The van der Waals surface area contributed by atoms with E-state index in [4.69, 9.17) is 0 Å². The highest BCUT2D eigenvalue weighted by molar-refractivity contribution is 8.00. The van der Waals surface area contributed by atoms with Gasteiger partial charge in [-0.15, -0.1) is 11.8 Å². The zero-order valence-corrected chi connectivity index (χ0v) is 13.0. The number of nitrogens with zero attached hydrogens (tertiary/aromatic N) is 1. The molecular weight excluding hydrogens is 278 g/mol. The summed E-state index contributed by atoms with van der Waals surface area (Å²) in [5, 5.41) is 0. The van der Waals surface area contributed by atoms with Crippen molar-refractivity contribution < 1.29 is 4.79 Å². The maximum absolute atomic E-state index is 12.6. The van der Waals surface area contributed by atoms with Crippen LogP contribution < -0.4 is 0 Å². The summed E-state index contributed by atoms with van der Waals surface area (Å²) in [6, 6.07) is 12.4. The molecule has 0 amide bonds. The number of hydrogen-bond acceptors (Lipinski definition) is 3. The lowest BCUT2D eigenvalue weighted by Gasteiger charge is -2.23. The first-order valence-electron chi connectivity index (χ1n) is 7.40. The highest BCUT2D eigenvalue weighted by atomic mass is 32.2. The number of Topliss-reactive ketones (excluding diaryl/α,β-unsaturated/α-hetero) is 1. The summed E-state index contributed by atoms with van der Waals surface area (Å²) in [6.07, 6.45) is 4.89. The summed E-state index contributed by atoms with van der Waals surface area (Å²) in [7, 11) is 0. The van der Waals surface area contributed by atoms with Crippen LogP contribution in [-0.4, -0.2) is 16.5 Å². The summed E-state index contributed by atoms with van der Waals surface area (Å²) < 4.78 is 0. The molecule has 1 aliphatic rings. The SMILES string of the molecule is Cc1cccc(SCC(=O)C2CCCc3cccnc32)c1. The summed E-state index contributed by atoms with van der Waals surface area (Å²) in [4.78, 5) is 18.2. The van der Waals surface area contributed by atoms with Crippen LogP contribution >= 0.6 is 11.8 Å². The third kappa shape index (κ3) is 3.35. The molecule has 0 radical (unpaired) electrons. The topological polar surface area (TPSA) is 30.0 Å². The third-order valence-corrected chi connectivity index (χ3v) is 4.97. The standard InChI is InChI=1S/C18H19NOS/c1-13-5-2-8-15(11-13)21-12-17(20)16-9-3-6-14-7-4-10-19-18(14)16/h2,4-5,7-8,10-11,16H,3,6,9,12H2,1H3. The van der Waals surface area contributed by atoms with E-state index in [1.807, 2.05) is 12.1 Å². The van der Waals surface area contributed by atoms with E-state index < -0.39 is 0 Å². The predicted octanol–water partition coefficient (Wildman–Crippen LogP) is 4.17. The lowest BCUT2D eigenvalue weighted by molar-refractivity contribution is -0.118. The fourth-order valence-corrected chi connectivity index (χ4v) is 3.84. The monoisotopic (exact) mass is 297 g/mol. The van der Waals surface area contributed by atoms with Crippen LogP contribution in [0.25, 0.3) is 0 Å². The van der Waals surface area contributed by atoms with Crippen molar-refractivity contribution in [2.45, 2.75) is 37.0 Å². The number of ketones is 1. The number of hydrogen-bond donors (Lipinski definition) is 0. The molecule has 0 saturated carbocycles. The first kappa shape index (κ1) is 14.3. The summed E-state index contributed by atoms with van der Waals surface area (Å²) >= 11 is 1.63. The molecule has 0 spiro atoms. The van der Waals surface area contributed by atoms with Gasteiger partial charge in [0.2, 0.25) is 0 Å². The van der Waals surface area contributed by atoms with Gasteiger partial charge in [0.25, 0.3) is 0 Å². The molecule has 1 unspecified atom stereocenters. The van der Waals surface area contributed by atoms with Crippen LogP contribution in [0.5, 0.6) is 0 Å². The number of carbonyl (C=O) groups excluding carboxylic acids is 1. The molecule has 0 bridgehead atoms. The number of rotatable bonds is 4. The molecule has 2 aromatic rings. The molecule has 0 N–H and O–H groups in total. The van der Waals surface area contributed by atoms with E-state index in [9.17, 15) is 4.79 Å². The van der Waals surface area contributed by atoms with Gasteiger partial charge in [0.05, 0.1) is 17.4 Å². The molecule has 1 heterocycles.